The summed E-state index contributed by atoms with van der Waals surface area (Å²) >= 11 is 1.16. The Morgan fingerprint density at radius 1 is 1.38 bits per heavy atom. The van der Waals surface area contributed by atoms with Gasteiger partial charge in [0.15, 0.2) is 15.6 Å². The zero-order chi connectivity index (χ0) is 18.9. The van der Waals surface area contributed by atoms with E-state index in [9.17, 15) is 17.6 Å². The molecular weight excluding hydrogens is 379 g/mol. The molecule has 1 saturated heterocycles. The smallest absolute Gasteiger partial charge is 0.256 e. The van der Waals surface area contributed by atoms with Gasteiger partial charge in [-0.1, -0.05) is 11.8 Å². The van der Waals surface area contributed by atoms with E-state index in [4.69, 9.17) is 4.42 Å². The zero-order valence-corrected chi connectivity index (χ0v) is 16.0. The lowest BCUT2D eigenvalue weighted by atomic mass is 10.2. The zero-order valence-electron chi connectivity index (χ0n) is 14.4. The second kappa shape index (κ2) is 7.40. The van der Waals surface area contributed by atoms with Crippen molar-refractivity contribution in [2.24, 2.45) is 0 Å². The predicted molar refractivity (Wildman–Crippen MR) is 97.0 cm³/mol. The van der Waals surface area contributed by atoms with Gasteiger partial charge in [-0.2, -0.15) is 0 Å². The Bertz CT molecular complexity index is 896. The van der Waals surface area contributed by atoms with Gasteiger partial charge in [0.05, 0.1) is 23.0 Å². The lowest BCUT2D eigenvalue weighted by Crippen LogP contribution is -2.41. The van der Waals surface area contributed by atoms with E-state index in [0.717, 1.165) is 11.8 Å². The summed E-state index contributed by atoms with van der Waals surface area (Å²) in [6.45, 7) is 1.73. The molecule has 3 rings (SSSR count). The van der Waals surface area contributed by atoms with Crippen LogP contribution in [0.3, 0.4) is 0 Å². The third kappa shape index (κ3) is 4.27. The van der Waals surface area contributed by atoms with E-state index in [1.165, 1.54) is 23.2 Å². The van der Waals surface area contributed by atoms with Gasteiger partial charge in [-0.05, 0) is 37.6 Å². The van der Waals surface area contributed by atoms with Gasteiger partial charge < -0.3 is 9.32 Å². The minimum Gasteiger partial charge on any atom is -0.431 e. The molecule has 2 atom stereocenters. The van der Waals surface area contributed by atoms with Gasteiger partial charge in [0.2, 0.25) is 5.91 Å². The average Bonchev–Trinajstić information content (AvgIpc) is 3.20. The number of sulfone groups is 1. The van der Waals surface area contributed by atoms with Crippen molar-refractivity contribution in [2.45, 2.75) is 29.9 Å². The van der Waals surface area contributed by atoms with Gasteiger partial charge in [0, 0.05) is 18.7 Å². The number of benzene rings is 1. The maximum atomic E-state index is 13.0. The molecule has 26 heavy (non-hydrogen) atoms. The normalized spacial score (nSPS) is 20.0. The van der Waals surface area contributed by atoms with Crippen molar-refractivity contribution in [3.63, 3.8) is 0 Å². The molecule has 9 heteroatoms. The van der Waals surface area contributed by atoms with E-state index in [2.05, 4.69) is 4.98 Å². The molecule has 1 aliphatic rings. The molecule has 0 saturated carbocycles. The van der Waals surface area contributed by atoms with Crippen LogP contribution in [0.1, 0.15) is 13.3 Å². The highest BCUT2D eigenvalue weighted by molar-refractivity contribution is 8.00. The van der Waals surface area contributed by atoms with Crippen LogP contribution in [0.4, 0.5) is 4.39 Å². The highest BCUT2D eigenvalue weighted by atomic mass is 32.2. The van der Waals surface area contributed by atoms with Gasteiger partial charge in [-0.15, -0.1) is 0 Å². The lowest BCUT2D eigenvalue weighted by Gasteiger charge is -2.25. The number of halogens is 1. The number of hydrogen-bond donors (Lipinski definition) is 0. The Morgan fingerprint density at radius 3 is 2.69 bits per heavy atom. The Balaban J connectivity index is 1.63. The van der Waals surface area contributed by atoms with Crippen LogP contribution in [0.5, 0.6) is 0 Å². The number of amides is 1. The lowest BCUT2D eigenvalue weighted by molar-refractivity contribution is -0.130. The Morgan fingerprint density at radius 2 is 2.08 bits per heavy atom. The van der Waals surface area contributed by atoms with Crippen molar-refractivity contribution in [2.75, 3.05) is 18.6 Å². The standard InChI is InChI=1S/C17H19FN2O4S2/c1-11(16(21)20(2)14-7-8-26(22,23)10-14)25-17-19-9-15(24-17)12-3-5-13(18)6-4-12/h3-6,9,11,14H,7-8,10H2,1-2H3/t11-,14-/m0/s1. The van der Waals surface area contributed by atoms with E-state index in [-0.39, 0.29) is 29.3 Å². The van der Waals surface area contributed by atoms with Gasteiger partial charge in [-0.3, -0.25) is 4.79 Å². The molecular formula is C17H19FN2O4S2. The maximum Gasteiger partial charge on any atom is 0.256 e. The molecule has 2 aromatic rings. The summed E-state index contributed by atoms with van der Waals surface area (Å²) in [6.07, 6.45) is 2.00. The van der Waals surface area contributed by atoms with Crippen molar-refractivity contribution in [1.82, 2.24) is 9.88 Å². The monoisotopic (exact) mass is 398 g/mol. The molecule has 0 radical (unpaired) electrons. The van der Waals surface area contributed by atoms with E-state index < -0.39 is 15.1 Å². The first kappa shape index (κ1) is 18.9. The first-order chi connectivity index (χ1) is 12.2. The SMILES string of the molecule is C[C@H](Sc1ncc(-c2ccc(F)cc2)o1)C(=O)N(C)[C@H]1CCS(=O)(=O)C1. The number of aromatic nitrogens is 1. The third-order valence-corrected chi connectivity index (χ3v) is 7.04. The number of rotatable bonds is 5. The van der Waals surface area contributed by atoms with E-state index in [1.807, 2.05) is 0 Å². The van der Waals surface area contributed by atoms with Crippen LogP contribution in [0.25, 0.3) is 11.3 Å². The van der Waals surface area contributed by atoms with Gasteiger partial charge >= 0.3 is 0 Å². The predicted octanol–water partition coefficient (Wildman–Crippen LogP) is 2.61. The second-order valence-corrected chi connectivity index (χ2v) is 9.78. The van der Waals surface area contributed by atoms with E-state index >= 15 is 0 Å². The van der Waals surface area contributed by atoms with Crippen LogP contribution in [0.2, 0.25) is 0 Å². The Hall–Kier alpha value is -1.87. The first-order valence-corrected chi connectivity index (χ1v) is 10.8. The summed E-state index contributed by atoms with van der Waals surface area (Å²) in [5.41, 5.74) is 0.693. The molecule has 140 valence electrons. The summed E-state index contributed by atoms with van der Waals surface area (Å²) in [5.74, 6) is 0.123. The van der Waals surface area contributed by atoms with Crippen molar-refractivity contribution in [1.29, 1.82) is 0 Å². The molecule has 1 fully saturated rings. The van der Waals surface area contributed by atoms with E-state index in [1.54, 1.807) is 26.1 Å². The Labute approximate surface area is 155 Å². The largest absolute Gasteiger partial charge is 0.431 e. The fraction of sp³-hybridized carbons (Fsp3) is 0.412. The number of carbonyl (C=O) groups excluding carboxylic acids is 1. The molecule has 0 bridgehead atoms. The van der Waals surface area contributed by atoms with Crippen LogP contribution >= 0.6 is 11.8 Å². The molecule has 1 aromatic heterocycles. The summed E-state index contributed by atoms with van der Waals surface area (Å²) in [7, 11) is -1.42. The Kier molecular flexibility index (Phi) is 5.38. The van der Waals surface area contributed by atoms with Crippen LogP contribution in [-0.2, 0) is 14.6 Å². The quantitative estimate of drug-likeness (QED) is 0.721. The van der Waals surface area contributed by atoms with Crippen molar-refractivity contribution in [3.8, 4) is 11.3 Å². The fourth-order valence-electron chi connectivity index (χ4n) is 2.81. The van der Waals surface area contributed by atoms with Crippen molar-refractivity contribution >= 4 is 27.5 Å². The number of oxazole rings is 1. The highest BCUT2D eigenvalue weighted by Crippen LogP contribution is 2.29. The summed E-state index contributed by atoms with van der Waals surface area (Å²) in [5, 5.41) is -0.138. The molecule has 0 spiro atoms. The molecule has 0 N–H and O–H groups in total. The topological polar surface area (TPSA) is 80.5 Å². The molecule has 0 aliphatic carbocycles. The van der Waals surface area contributed by atoms with Crippen LogP contribution in [-0.4, -0.2) is 54.1 Å². The fourth-order valence-corrected chi connectivity index (χ4v) is 5.40. The van der Waals surface area contributed by atoms with Crippen molar-refractivity contribution in [3.05, 3.63) is 36.3 Å². The minimum absolute atomic E-state index is 0.0142. The molecule has 0 unspecified atom stereocenters. The number of carbonyl (C=O) groups is 1. The van der Waals surface area contributed by atoms with Crippen LogP contribution < -0.4 is 0 Å². The first-order valence-electron chi connectivity index (χ1n) is 8.11. The van der Waals surface area contributed by atoms with Crippen LogP contribution in [0.15, 0.2) is 40.1 Å². The number of nitrogens with zero attached hydrogens (tertiary/aromatic N) is 2. The molecule has 1 aromatic carbocycles. The average molecular weight is 398 g/mol. The van der Waals surface area contributed by atoms with Crippen LogP contribution in [0, 0.1) is 5.82 Å². The molecule has 1 amide bonds. The number of hydrogen-bond acceptors (Lipinski definition) is 6. The summed E-state index contributed by atoms with van der Waals surface area (Å²) in [6, 6.07) is 5.57. The van der Waals surface area contributed by atoms with Gasteiger partial charge in [-0.25, -0.2) is 17.8 Å². The molecule has 2 heterocycles. The van der Waals surface area contributed by atoms with Gasteiger partial charge in [0.25, 0.3) is 5.22 Å². The summed E-state index contributed by atoms with van der Waals surface area (Å²) < 4.78 is 41.8. The minimum atomic E-state index is -3.05. The second-order valence-electron chi connectivity index (χ2n) is 6.26. The highest BCUT2D eigenvalue weighted by Gasteiger charge is 2.34. The third-order valence-electron chi connectivity index (χ3n) is 4.34. The van der Waals surface area contributed by atoms with Gasteiger partial charge in [0.1, 0.15) is 5.82 Å². The maximum absolute atomic E-state index is 13.0. The molecule has 1 aliphatic heterocycles. The van der Waals surface area contributed by atoms with Crippen molar-refractivity contribution < 1.29 is 22.0 Å². The molecule has 6 nitrogen and oxygen atoms in total. The van der Waals surface area contributed by atoms with E-state index in [0.29, 0.717) is 23.0 Å². The number of thioether (sulfide) groups is 1. The summed E-state index contributed by atoms with van der Waals surface area (Å²) in [4.78, 5) is 18.2.